The summed E-state index contributed by atoms with van der Waals surface area (Å²) >= 11 is 6.20. The lowest BCUT2D eigenvalue weighted by Gasteiger charge is -2.72. The molecule has 5 aliphatic carbocycles. The van der Waals surface area contributed by atoms with Gasteiger partial charge in [-0.15, -0.1) is 0 Å². The maximum Gasteiger partial charge on any atom is 0.309 e. The molecule has 0 aromatic heterocycles. The Bertz CT molecular complexity index is 1780. The van der Waals surface area contributed by atoms with Crippen LogP contribution in [0, 0.1) is 56.2 Å². The maximum atomic E-state index is 14.3. The minimum Gasteiger partial charge on any atom is -0.481 e. The van der Waals surface area contributed by atoms with Crippen molar-refractivity contribution in [2.75, 3.05) is 33.7 Å². The van der Waals surface area contributed by atoms with E-state index < -0.39 is 17.4 Å². The molecule has 9 heteroatoms. The van der Waals surface area contributed by atoms with Crippen LogP contribution < -0.4 is 0 Å². The molecular weight excluding hydrogens is 736 g/mol. The van der Waals surface area contributed by atoms with E-state index in [1.54, 1.807) is 26.0 Å². The second-order valence-corrected chi connectivity index (χ2v) is 22.0. The third-order valence-electron chi connectivity index (χ3n) is 17.0. The Morgan fingerprint density at radius 3 is 2.16 bits per heavy atom. The summed E-state index contributed by atoms with van der Waals surface area (Å²) in [7, 11) is 4.07. The summed E-state index contributed by atoms with van der Waals surface area (Å²) in [6.45, 7) is 21.8. The van der Waals surface area contributed by atoms with Crippen molar-refractivity contribution < 1.29 is 29.0 Å². The number of carboxylic acids is 1. The molecule has 0 radical (unpaired) electrons. The van der Waals surface area contributed by atoms with E-state index in [1.165, 1.54) is 5.57 Å². The highest BCUT2D eigenvalue weighted by Crippen LogP contribution is 2.77. The van der Waals surface area contributed by atoms with Gasteiger partial charge in [-0.3, -0.25) is 19.2 Å². The second kappa shape index (κ2) is 15.4. The van der Waals surface area contributed by atoms with Crippen molar-refractivity contribution in [1.82, 2.24) is 9.80 Å². The molecule has 1 amide bonds. The molecule has 8 nitrogen and oxygen atoms in total. The van der Waals surface area contributed by atoms with Crippen LogP contribution in [0.15, 0.2) is 35.4 Å². The molecule has 316 valence electrons. The molecule has 0 aliphatic heterocycles. The average molecular weight is 808 g/mol. The van der Waals surface area contributed by atoms with Crippen molar-refractivity contribution in [1.29, 1.82) is 0 Å². The highest BCUT2D eigenvalue weighted by molar-refractivity contribution is 6.30. The minimum atomic E-state index is -1.17. The quantitative estimate of drug-likeness (QED) is 0.210. The van der Waals surface area contributed by atoms with E-state index in [1.807, 2.05) is 31.1 Å². The Morgan fingerprint density at radius 2 is 1.54 bits per heavy atom. The van der Waals surface area contributed by atoms with E-state index in [9.17, 15) is 24.3 Å². The topological polar surface area (TPSA) is 104 Å². The summed E-state index contributed by atoms with van der Waals surface area (Å²) in [5.41, 5.74) is 1.66. The van der Waals surface area contributed by atoms with Crippen molar-refractivity contribution >= 4 is 35.2 Å². The fraction of sp³-hybridized carbons (Fsp3) is 0.750. The van der Waals surface area contributed by atoms with Crippen LogP contribution >= 0.6 is 11.6 Å². The lowest BCUT2D eigenvalue weighted by Crippen LogP contribution is -2.65. The molecule has 1 aromatic carbocycles. The van der Waals surface area contributed by atoms with Gasteiger partial charge in [-0.05, 0) is 155 Å². The van der Waals surface area contributed by atoms with Crippen LogP contribution in [0.5, 0.6) is 0 Å². The minimum absolute atomic E-state index is 0.0130. The van der Waals surface area contributed by atoms with Gasteiger partial charge in [0.1, 0.15) is 6.10 Å². The smallest absolute Gasteiger partial charge is 0.309 e. The number of aliphatic carboxylic acids is 1. The number of halogens is 1. The van der Waals surface area contributed by atoms with Crippen LogP contribution in [-0.4, -0.2) is 78.4 Å². The highest BCUT2D eigenvalue weighted by atomic mass is 35.5. The monoisotopic (exact) mass is 807 g/mol. The first kappa shape index (κ1) is 43.9. The molecule has 5 aliphatic rings. The Kier molecular flexibility index (Phi) is 11.8. The standard InChI is InChI=1S/C48H71ClN2O6/c1-30(2)39-34(52)28-48(24-25-51(27-26-50(10)11)41(54)31-12-14-32(49)15-13-31)23-22-46(8)33(40(39)48)16-17-36-45(7)20-19-37(57-38(53)29-43(3,4)42(55)56)44(5,6)35(45)18-21-47(36,46)9/h12-15,30,33,35-37H,16-29H2,1-11H3,(H,55,56)/t33-,35?,36?,37+,45+,46-,47-,48-/m1/s1. The lowest BCUT2D eigenvalue weighted by molar-refractivity contribution is -0.233. The average Bonchev–Trinajstić information content (AvgIpc) is 3.41. The Labute approximate surface area is 347 Å². The molecule has 4 saturated carbocycles. The number of ether oxygens (including phenoxy) is 1. The molecule has 2 unspecified atom stereocenters. The molecule has 4 fully saturated rings. The van der Waals surface area contributed by atoms with Gasteiger partial charge in [-0.2, -0.15) is 0 Å². The first-order valence-electron chi connectivity index (χ1n) is 21.8. The third kappa shape index (κ3) is 7.44. The van der Waals surface area contributed by atoms with Crippen LogP contribution in [0.25, 0.3) is 0 Å². The van der Waals surface area contributed by atoms with E-state index in [4.69, 9.17) is 16.3 Å². The molecule has 0 spiro atoms. The number of ketones is 1. The number of esters is 1. The summed E-state index contributed by atoms with van der Waals surface area (Å²) in [6.07, 6.45) is 9.09. The number of amides is 1. The van der Waals surface area contributed by atoms with Gasteiger partial charge in [-0.25, -0.2) is 0 Å². The number of carbonyl (C=O) groups is 4. The summed E-state index contributed by atoms with van der Waals surface area (Å²) in [4.78, 5) is 57.4. The number of rotatable bonds is 12. The number of fused-ring (bicyclic) bond motifs is 7. The summed E-state index contributed by atoms with van der Waals surface area (Å²) < 4.78 is 6.19. The van der Waals surface area contributed by atoms with Gasteiger partial charge >= 0.3 is 11.9 Å². The zero-order valence-electron chi connectivity index (χ0n) is 36.9. The lowest BCUT2D eigenvalue weighted by atomic mass is 9.33. The first-order valence-corrected chi connectivity index (χ1v) is 22.2. The number of hydrogen-bond acceptors (Lipinski definition) is 6. The van der Waals surface area contributed by atoms with Crippen LogP contribution in [0.1, 0.15) is 143 Å². The van der Waals surface area contributed by atoms with Gasteiger partial charge in [0.2, 0.25) is 0 Å². The van der Waals surface area contributed by atoms with Crippen LogP contribution in [0.3, 0.4) is 0 Å². The molecule has 6 rings (SSSR count). The van der Waals surface area contributed by atoms with Gasteiger partial charge in [0.25, 0.3) is 5.91 Å². The number of likely N-dealkylation sites (N-methyl/N-ethyl adjacent to an activating group) is 1. The van der Waals surface area contributed by atoms with E-state index in [-0.39, 0.29) is 51.4 Å². The third-order valence-corrected chi connectivity index (χ3v) is 17.3. The van der Waals surface area contributed by atoms with E-state index >= 15 is 0 Å². The number of benzene rings is 1. The van der Waals surface area contributed by atoms with Gasteiger partial charge in [0.05, 0.1) is 11.8 Å². The van der Waals surface area contributed by atoms with Crippen molar-refractivity contribution in [3.63, 3.8) is 0 Å². The van der Waals surface area contributed by atoms with Crippen molar-refractivity contribution in [3.05, 3.63) is 46.0 Å². The SMILES string of the molecule is CC(C)C1=C2[C@H]3CCC4[C@@]5(C)CC[C@H](OC(=O)CC(C)(C)C(=O)O)C(C)(C)C5CC[C@@]4(C)[C@]3(C)CC[C@@]2(CCN(CCN(C)C)C(=O)c2ccc(Cl)cc2)CC1=O. The number of carbonyl (C=O) groups excluding carboxylic acids is 3. The predicted octanol–water partition coefficient (Wildman–Crippen LogP) is 10.1. The number of hydrogen-bond donors (Lipinski definition) is 1. The zero-order chi connectivity index (χ0) is 42.1. The van der Waals surface area contributed by atoms with Gasteiger partial charge in [0, 0.05) is 47.5 Å². The van der Waals surface area contributed by atoms with Crippen molar-refractivity contribution in [2.45, 2.75) is 139 Å². The van der Waals surface area contributed by atoms with Crippen LogP contribution in [-0.2, 0) is 19.1 Å². The Balaban J connectivity index is 1.28. The molecular formula is C48H71ClN2O6. The number of nitrogens with zero attached hydrogens (tertiary/aromatic N) is 2. The molecule has 8 atom stereocenters. The molecule has 0 bridgehead atoms. The largest absolute Gasteiger partial charge is 0.481 e. The maximum absolute atomic E-state index is 14.3. The Hall–Kier alpha value is -2.71. The van der Waals surface area contributed by atoms with Crippen molar-refractivity contribution in [2.24, 2.45) is 56.2 Å². The first-order chi connectivity index (χ1) is 26.4. The molecule has 1 aromatic rings. The van der Waals surface area contributed by atoms with E-state index in [0.717, 1.165) is 69.9 Å². The summed E-state index contributed by atoms with van der Waals surface area (Å²) in [5.74, 6) is 0.260. The fourth-order valence-electron chi connectivity index (χ4n) is 13.6. The van der Waals surface area contributed by atoms with Crippen LogP contribution in [0.2, 0.25) is 5.02 Å². The van der Waals surface area contributed by atoms with Crippen LogP contribution in [0.4, 0.5) is 0 Å². The molecule has 0 saturated heterocycles. The van der Waals surface area contributed by atoms with Gasteiger partial charge in [-0.1, -0.05) is 65.6 Å². The fourth-order valence-corrected chi connectivity index (χ4v) is 13.8. The van der Waals surface area contributed by atoms with Gasteiger partial charge in [0.15, 0.2) is 5.78 Å². The van der Waals surface area contributed by atoms with Crippen molar-refractivity contribution in [3.8, 4) is 0 Å². The highest BCUT2D eigenvalue weighted by Gasteiger charge is 2.70. The number of carboxylic acid groups (broad SMARTS) is 1. The number of allylic oxidation sites excluding steroid dienone is 2. The summed E-state index contributed by atoms with van der Waals surface area (Å²) in [5, 5.41) is 10.3. The van der Waals surface area contributed by atoms with E-state index in [0.29, 0.717) is 53.6 Å². The molecule has 57 heavy (non-hydrogen) atoms. The van der Waals surface area contributed by atoms with E-state index in [2.05, 4.69) is 53.4 Å². The number of Topliss-reactive ketones (excluding diaryl/α,β-unsaturated/α-hetero) is 1. The normalized spacial score (nSPS) is 34.7. The molecule has 1 N–H and O–H groups in total. The predicted molar refractivity (Wildman–Crippen MR) is 226 cm³/mol. The second-order valence-electron chi connectivity index (χ2n) is 21.5. The van der Waals surface area contributed by atoms with Gasteiger partial charge < -0.3 is 19.6 Å². The molecule has 0 heterocycles. The summed E-state index contributed by atoms with van der Waals surface area (Å²) in [6, 6.07) is 7.19. The zero-order valence-corrected chi connectivity index (χ0v) is 37.6. The Morgan fingerprint density at radius 1 is 0.877 bits per heavy atom.